The summed E-state index contributed by atoms with van der Waals surface area (Å²) >= 11 is 3.39. The number of aryl methyl sites for hydroxylation is 1. The SMILES string of the molecule is Cc1cccc(-n2cc3c(C#N)cc(Br)cc3n2)n1. The Kier molecular flexibility index (Phi) is 2.80. The number of nitriles is 1. The molecule has 0 spiro atoms. The largest absolute Gasteiger partial charge is 0.234 e. The van der Waals surface area contributed by atoms with E-state index in [0.29, 0.717) is 5.56 Å². The summed E-state index contributed by atoms with van der Waals surface area (Å²) in [5.41, 5.74) is 2.30. The number of hydrogen-bond acceptors (Lipinski definition) is 3. The molecule has 0 saturated heterocycles. The molecular weight excluding hydrogens is 304 g/mol. The summed E-state index contributed by atoms with van der Waals surface area (Å²) < 4.78 is 2.55. The lowest BCUT2D eigenvalue weighted by atomic mass is 10.1. The first kappa shape index (κ1) is 11.9. The van der Waals surface area contributed by atoms with Crippen LogP contribution in [0, 0.1) is 18.3 Å². The smallest absolute Gasteiger partial charge is 0.153 e. The van der Waals surface area contributed by atoms with Gasteiger partial charge >= 0.3 is 0 Å². The van der Waals surface area contributed by atoms with Crippen LogP contribution in [-0.2, 0) is 0 Å². The number of fused-ring (bicyclic) bond motifs is 1. The first-order valence-electron chi connectivity index (χ1n) is 5.70. The van der Waals surface area contributed by atoms with E-state index in [1.165, 1.54) is 0 Å². The number of halogens is 1. The zero-order valence-corrected chi connectivity index (χ0v) is 11.7. The number of benzene rings is 1. The predicted octanol–water partition coefficient (Wildman–Crippen LogP) is 3.36. The van der Waals surface area contributed by atoms with Crippen LogP contribution in [0.2, 0.25) is 0 Å². The average molecular weight is 313 g/mol. The summed E-state index contributed by atoms with van der Waals surface area (Å²) in [5, 5.41) is 14.5. The topological polar surface area (TPSA) is 54.5 Å². The van der Waals surface area contributed by atoms with E-state index in [9.17, 15) is 0 Å². The molecule has 0 unspecified atom stereocenters. The van der Waals surface area contributed by atoms with Gasteiger partial charge in [0, 0.05) is 21.7 Å². The zero-order valence-electron chi connectivity index (χ0n) is 10.1. The molecule has 0 N–H and O–H groups in total. The molecule has 0 atom stereocenters. The van der Waals surface area contributed by atoms with E-state index in [0.717, 1.165) is 26.9 Å². The molecule has 0 fully saturated rings. The fraction of sp³-hybridized carbons (Fsp3) is 0.0714. The molecule has 4 nitrogen and oxygen atoms in total. The van der Waals surface area contributed by atoms with E-state index in [2.05, 4.69) is 32.1 Å². The van der Waals surface area contributed by atoms with E-state index in [1.807, 2.05) is 37.4 Å². The number of rotatable bonds is 1. The van der Waals surface area contributed by atoms with Gasteiger partial charge in [-0.15, -0.1) is 0 Å². The molecule has 0 bridgehead atoms. The molecule has 2 aromatic heterocycles. The Balaban J connectivity index is 2.25. The van der Waals surface area contributed by atoms with E-state index in [-0.39, 0.29) is 0 Å². The van der Waals surface area contributed by atoms with E-state index < -0.39 is 0 Å². The van der Waals surface area contributed by atoms with Crippen LogP contribution in [0.1, 0.15) is 11.3 Å². The Morgan fingerprint density at radius 3 is 2.89 bits per heavy atom. The van der Waals surface area contributed by atoms with Gasteiger partial charge in [-0.25, -0.2) is 9.67 Å². The van der Waals surface area contributed by atoms with Crippen molar-refractivity contribution in [3.63, 3.8) is 0 Å². The van der Waals surface area contributed by atoms with E-state index in [1.54, 1.807) is 10.7 Å². The molecule has 3 aromatic rings. The summed E-state index contributed by atoms with van der Waals surface area (Å²) in [4.78, 5) is 4.42. The highest BCUT2D eigenvalue weighted by Gasteiger charge is 2.09. The lowest BCUT2D eigenvalue weighted by Gasteiger charge is -1.99. The molecule has 0 radical (unpaired) electrons. The maximum atomic E-state index is 9.16. The molecule has 3 rings (SSSR count). The molecule has 0 aliphatic rings. The Morgan fingerprint density at radius 1 is 1.32 bits per heavy atom. The second-order valence-corrected chi connectivity index (χ2v) is 5.12. The minimum Gasteiger partial charge on any atom is -0.234 e. The van der Waals surface area contributed by atoms with Gasteiger partial charge in [-0.3, -0.25) is 0 Å². The highest BCUT2D eigenvalue weighted by molar-refractivity contribution is 9.10. The van der Waals surface area contributed by atoms with Crippen molar-refractivity contribution in [3.05, 3.63) is 52.3 Å². The van der Waals surface area contributed by atoms with Gasteiger partial charge < -0.3 is 0 Å². The zero-order chi connectivity index (χ0) is 13.4. The minimum absolute atomic E-state index is 0.600. The predicted molar refractivity (Wildman–Crippen MR) is 76.0 cm³/mol. The first-order chi connectivity index (χ1) is 9.17. The van der Waals surface area contributed by atoms with Gasteiger partial charge in [0.05, 0.1) is 17.1 Å². The first-order valence-corrected chi connectivity index (χ1v) is 6.50. The normalized spacial score (nSPS) is 10.6. The van der Waals surface area contributed by atoms with Crippen molar-refractivity contribution >= 4 is 26.8 Å². The molecule has 2 heterocycles. The van der Waals surface area contributed by atoms with Gasteiger partial charge in [-0.1, -0.05) is 22.0 Å². The second-order valence-electron chi connectivity index (χ2n) is 4.21. The van der Waals surface area contributed by atoms with Gasteiger partial charge in [-0.05, 0) is 31.2 Å². The summed E-state index contributed by atoms with van der Waals surface area (Å²) in [5.74, 6) is 0.746. The van der Waals surface area contributed by atoms with Crippen LogP contribution in [0.15, 0.2) is 41.0 Å². The van der Waals surface area contributed by atoms with Crippen molar-refractivity contribution in [1.29, 1.82) is 5.26 Å². The molecule has 19 heavy (non-hydrogen) atoms. The Morgan fingerprint density at radius 2 is 2.16 bits per heavy atom. The van der Waals surface area contributed by atoms with Crippen LogP contribution in [0.4, 0.5) is 0 Å². The van der Waals surface area contributed by atoms with Crippen LogP contribution in [0.3, 0.4) is 0 Å². The number of aromatic nitrogens is 3. The third kappa shape index (κ3) is 2.11. The minimum atomic E-state index is 0.600. The molecule has 0 amide bonds. The van der Waals surface area contributed by atoms with Crippen LogP contribution >= 0.6 is 15.9 Å². The summed E-state index contributed by atoms with van der Waals surface area (Å²) in [6.45, 7) is 1.93. The van der Waals surface area contributed by atoms with Gasteiger partial charge in [0.1, 0.15) is 0 Å². The van der Waals surface area contributed by atoms with Crippen molar-refractivity contribution in [2.75, 3.05) is 0 Å². The lowest BCUT2D eigenvalue weighted by Crippen LogP contribution is -1.98. The molecule has 0 aliphatic carbocycles. The highest BCUT2D eigenvalue weighted by Crippen LogP contribution is 2.23. The van der Waals surface area contributed by atoms with E-state index in [4.69, 9.17) is 5.26 Å². The van der Waals surface area contributed by atoms with Crippen molar-refractivity contribution in [2.45, 2.75) is 6.92 Å². The van der Waals surface area contributed by atoms with Gasteiger partial charge in [0.2, 0.25) is 0 Å². The maximum absolute atomic E-state index is 9.16. The second kappa shape index (κ2) is 4.48. The molecule has 1 aromatic carbocycles. The van der Waals surface area contributed by atoms with Gasteiger partial charge in [0.25, 0.3) is 0 Å². The fourth-order valence-corrected chi connectivity index (χ4v) is 2.40. The van der Waals surface area contributed by atoms with E-state index >= 15 is 0 Å². The highest BCUT2D eigenvalue weighted by atomic mass is 79.9. The van der Waals surface area contributed by atoms with Gasteiger partial charge in [-0.2, -0.15) is 10.4 Å². The van der Waals surface area contributed by atoms with Crippen molar-refractivity contribution in [2.24, 2.45) is 0 Å². The van der Waals surface area contributed by atoms with Crippen LogP contribution in [-0.4, -0.2) is 14.8 Å². The summed E-state index contributed by atoms with van der Waals surface area (Å²) in [6.07, 6.45) is 1.84. The molecule has 5 heteroatoms. The standard InChI is InChI=1S/C14H9BrN4/c1-9-3-2-4-14(17-9)19-8-12-10(7-16)5-11(15)6-13(12)18-19/h2-6,8H,1H3. The third-order valence-electron chi connectivity index (χ3n) is 2.82. The third-order valence-corrected chi connectivity index (χ3v) is 3.28. The van der Waals surface area contributed by atoms with Crippen LogP contribution < -0.4 is 0 Å². The average Bonchev–Trinajstić information content (AvgIpc) is 2.81. The summed E-state index contributed by atoms with van der Waals surface area (Å²) in [7, 11) is 0. The summed E-state index contributed by atoms with van der Waals surface area (Å²) in [6, 6.07) is 11.6. The van der Waals surface area contributed by atoms with Crippen molar-refractivity contribution in [1.82, 2.24) is 14.8 Å². The van der Waals surface area contributed by atoms with Gasteiger partial charge in [0.15, 0.2) is 5.82 Å². The van der Waals surface area contributed by atoms with Crippen LogP contribution in [0.5, 0.6) is 0 Å². The molecule has 0 aliphatic heterocycles. The lowest BCUT2D eigenvalue weighted by molar-refractivity contribution is 0.853. The van der Waals surface area contributed by atoms with Crippen molar-refractivity contribution < 1.29 is 0 Å². The number of hydrogen-bond donors (Lipinski definition) is 0. The van der Waals surface area contributed by atoms with Crippen molar-refractivity contribution in [3.8, 4) is 11.9 Å². The molecular formula is C14H9BrN4. The number of pyridine rings is 1. The molecule has 0 saturated carbocycles. The quantitative estimate of drug-likeness (QED) is 0.692. The molecule has 92 valence electrons. The Bertz CT molecular complexity index is 814. The monoisotopic (exact) mass is 312 g/mol. The Labute approximate surface area is 118 Å². The number of nitrogens with zero attached hydrogens (tertiary/aromatic N) is 4. The van der Waals surface area contributed by atoms with Crippen LogP contribution in [0.25, 0.3) is 16.7 Å². The Hall–Kier alpha value is -2.19. The maximum Gasteiger partial charge on any atom is 0.153 e. The fourth-order valence-electron chi connectivity index (χ4n) is 1.96.